The van der Waals surface area contributed by atoms with Crippen LogP contribution in [-0.4, -0.2) is 65.7 Å². The molecule has 2 atom stereocenters. The van der Waals surface area contributed by atoms with Crippen LogP contribution < -0.4 is 10.6 Å². The molecule has 3 heterocycles. The van der Waals surface area contributed by atoms with Gasteiger partial charge in [0, 0.05) is 44.0 Å². The van der Waals surface area contributed by atoms with Crippen molar-refractivity contribution in [3.63, 3.8) is 0 Å². The molecule has 8 heteroatoms. The number of carbonyl (C=O) groups excluding carboxylic acids is 1. The molecule has 8 nitrogen and oxygen atoms in total. The number of piperazine rings is 1. The molecule has 0 saturated carbocycles. The highest BCUT2D eigenvalue weighted by atomic mass is 16.5. The fourth-order valence-electron chi connectivity index (χ4n) is 4.77. The summed E-state index contributed by atoms with van der Waals surface area (Å²) in [7, 11) is 0. The molecular formula is C23H30N6O2. The van der Waals surface area contributed by atoms with Crippen LogP contribution in [0.4, 0.5) is 11.4 Å². The molecule has 2 N–H and O–H groups in total. The highest BCUT2D eigenvalue weighted by Gasteiger charge is 2.39. The maximum Gasteiger partial charge on any atom is 0.238 e. The number of anilines is 2. The number of rotatable bonds is 8. The van der Waals surface area contributed by atoms with E-state index in [4.69, 9.17) is 9.78 Å². The van der Waals surface area contributed by atoms with E-state index in [9.17, 15) is 4.79 Å². The lowest BCUT2D eigenvalue weighted by atomic mass is 10.1. The SMILES string of the molecule is Cc1noc(C)c1NC(=O)CN1CC2CCC(C1)N2CCCNc1ccc(C#N)cc1. The first-order valence-electron chi connectivity index (χ1n) is 11.0. The summed E-state index contributed by atoms with van der Waals surface area (Å²) in [6.07, 6.45) is 3.48. The molecule has 0 radical (unpaired) electrons. The number of likely N-dealkylation sites (tertiary alicyclic amines) is 1. The fraction of sp³-hybridized carbons (Fsp3) is 0.522. The number of nitrogens with one attached hydrogen (secondary N) is 2. The molecular weight excluding hydrogens is 392 g/mol. The third kappa shape index (κ3) is 5.06. The number of carbonyl (C=O) groups is 1. The van der Waals surface area contributed by atoms with Crippen molar-refractivity contribution >= 4 is 17.3 Å². The number of aryl methyl sites for hydroxylation is 2. The summed E-state index contributed by atoms with van der Waals surface area (Å²) in [6, 6.07) is 10.8. The minimum Gasteiger partial charge on any atom is -0.385 e. The molecule has 1 amide bonds. The number of fused-ring (bicyclic) bond motifs is 2. The van der Waals surface area contributed by atoms with Crippen LogP contribution in [0.1, 0.15) is 36.3 Å². The zero-order chi connectivity index (χ0) is 21.8. The minimum atomic E-state index is -0.00568. The largest absolute Gasteiger partial charge is 0.385 e. The van der Waals surface area contributed by atoms with Crippen molar-refractivity contribution in [2.45, 2.75) is 45.2 Å². The van der Waals surface area contributed by atoms with E-state index < -0.39 is 0 Å². The number of benzene rings is 1. The van der Waals surface area contributed by atoms with Crippen LogP contribution in [0.2, 0.25) is 0 Å². The van der Waals surface area contributed by atoms with Crippen molar-refractivity contribution in [2.24, 2.45) is 0 Å². The minimum absolute atomic E-state index is 0.00568. The number of hydrogen-bond acceptors (Lipinski definition) is 7. The Bertz CT molecular complexity index is 914. The van der Waals surface area contributed by atoms with Gasteiger partial charge in [0.15, 0.2) is 5.76 Å². The molecule has 4 rings (SSSR count). The van der Waals surface area contributed by atoms with Gasteiger partial charge in [-0.15, -0.1) is 0 Å². The lowest BCUT2D eigenvalue weighted by Crippen LogP contribution is -2.55. The van der Waals surface area contributed by atoms with Crippen molar-refractivity contribution in [1.29, 1.82) is 5.26 Å². The van der Waals surface area contributed by atoms with Gasteiger partial charge >= 0.3 is 0 Å². The van der Waals surface area contributed by atoms with Gasteiger partial charge in [-0.25, -0.2) is 0 Å². The first kappa shape index (κ1) is 21.3. The van der Waals surface area contributed by atoms with Gasteiger partial charge in [0.05, 0.1) is 18.2 Å². The molecule has 2 aromatic rings. The fourth-order valence-corrected chi connectivity index (χ4v) is 4.77. The Kier molecular flexibility index (Phi) is 6.54. The Morgan fingerprint density at radius 3 is 2.55 bits per heavy atom. The molecule has 2 aliphatic heterocycles. The molecule has 31 heavy (non-hydrogen) atoms. The second kappa shape index (κ2) is 9.50. The van der Waals surface area contributed by atoms with Crippen LogP contribution in [0.15, 0.2) is 28.8 Å². The number of nitrogens with zero attached hydrogens (tertiary/aromatic N) is 4. The monoisotopic (exact) mass is 422 g/mol. The van der Waals surface area contributed by atoms with Crippen molar-refractivity contribution < 1.29 is 9.32 Å². The Balaban J connectivity index is 1.21. The summed E-state index contributed by atoms with van der Waals surface area (Å²) in [4.78, 5) is 17.4. The predicted octanol–water partition coefficient (Wildman–Crippen LogP) is 2.75. The lowest BCUT2D eigenvalue weighted by molar-refractivity contribution is -0.118. The van der Waals surface area contributed by atoms with Gasteiger partial charge in [-0.3, -0.25) is 14.6 Å². The third-order valence-corrected chi connectivity index (χ3v) is 6.31. The molecule has 2 bridgehead atoms. The highest BCUT2D eigenvalue weighted by molar-refractivity contribution is 5.93. The number of nitriles is 1. The van der Waals surface area contributed by atoms with E-state index >= 15 is 0 Å². The topological polar surface area (TPSA) is 97.4 Å². The molecule has 1 aromatic heterocycles. The highest BCUT2D eigenvalue weighted by Crippen LogP contribution is 2.30. The number of hydrogen-bond donors (Lipinski definition) is 2. The maximum absolute atomic E-state index is 12.5. The van der Waals surface area contributed by atoms with Crippen LogP contribution >= 0.6 is 0 Å². The first-order chi connectivity index (χ1) is 15.0. The molecule has 0 aliphatic carbocycles. The van der Waals surface area contributed by atoms with Crippen LogP contribution in [0.5, 0.6) is 0 Å². The van der Waals surface area contributed by atoms with Gasteiger partial charge in [-0.05, 0) is 57.4 Å². The average Bonchev–Trinajstić information content (AvgIpc) is 3.20. The average molecular weight is 423 g/mol. The molecule has 0 spiro atoms. The summed E-state index contributed by atoms with van der Waals surface area (Å²) < 4.78 is 5.13. The standard InChI is InChI=1S/C23H30N6O2/c1-16-23(17(2)31-27-16)26-22(30)15-28-13-20-8-9-21(14-28)29(20)11-3-10-25-19-6-4-18(12-24)5-7-19/h4-7,20-21,25H,3,8-11,13-15H2,1-2H3,(H,26,30). The van der Waals surface area contributed by atoms with Gasteiger partial charge < -0.3 is 15.2 Å². The van der Waals surface area contributed by atoms with Crippen molar-refractivity contribution in [2.75, 3.05) is 43.4 Å². The van der Waals surface area contributed by atoms with Crippen molar-refractivity contribution in [3.05, 3.63) is 41.3 Å². The Hall–Kier alpha value is -2.89. The van der Waals surface area contributed by atoms with Gasteiger partial charge in [0.2, 0.25) is 5.91 Å². The summed E-state index contributed by atoms with van der Waals surface area (Å²) in [5, 5.41) is 19.2. The van der Waals surface area contributed by atoms with E-state index in [1.165, 1.54) is 12.8 Å². The first-order valence-corrected chi connectivity index (χ1v) is 11.0. The van der Waals surface area contributed by atoms with Crippen LogP contribution in [0.3, 0.4) is 0 Å². The number of amides is 1. The van der Waals surface area contributed by atoms with E-state index in [-0.39, 0.29) is 5.91 Å². The molecule has 2 aliphatic rings. The van der Waals surface area contributed by atoms with E-state index in [0.717, 1.165) is 38.3 Å². The molecule has 2 saturated heterocycles. The van der Waals surface area contributed by atoms with Gasteiger partial charge in [0.1, 0.15) is 11.4 Å². The molecule has 2 unspecified atom stereocenters. The molecule has 1 aromatic carbocycles. The second-order valence-corrected chi connectivity index (χ2v) is 8.53. The van der Waals surface area contributed by atoms with Gasteiger partial charge in [0.25, 0.3) is 0 Å². The van der Waals surface area contributed by atoms with E-state index in [1.807, 2.05) is 38.1 Å². The van der Waals surface area contributed by atoms with Crippen molar-refractivity contribution in [3.8, 4) is 6.07 Å². The number of aromatic nitrogens is 1. The lowest BCUT2D eigenvalue weighted by Gasteiger charge is -2.40. The Morgan fingerprint density at radius 1 is 1.23 bits per heavy atom. The molecule has 2 fully saturated rings. The second-order valence-electron chi connectivity index (χ2n) is 8.53. The van der Waals surface area contributed by atoms with E-state index in [2.05, 4.69) is 31.7 Å². The van der Waals surface area contributed by atoms with Crippen LogP contribution in [0, 0.1) is 25.2 Å². The summed E-state index contributed by atoms with van der Waals surface area (Å²) in [5.74, 6) is 0.638. The van der Waals surface area contributed by atoms with Gasteiger partial charge in [-0.1, -0.05) is 5.16 Å². The van der Waals surface area contributed by atoms with Crippen molar-refractivity contribution in [1.82, 2.24) is 15.0 Å². The summed E-state index contributed by atoms with van der Waals surface area (Å²) in [6.45, 7) is 7.91. The maximum atomic E-state index is 12.5. The Labute approximate surface area is 183 Å². The van der Waals surface area contributed by atoms with Crippen LogP contribution in [0.25, 0.3) is 0 Å². The summed E-state index contributed by atoms with van der Waals surface area (Å²) in [5.41, 5.74) is 3.14. The smallest absolute Gasteiger partial charge is 0.238 e. The normalized spacial score (nSPS) is 21.1. The zero-order valence-corrected chi connectivity index (χ0v) is 18.2. The van der Waals surface area contributed by atoms with Gasteiger partial charge in [-0.2, -0.15) is 5.26 Å². The van der Waals surface area contributed by atoms with E-state index in [1.54, 1.807) is 0 Å². The van der Waals surface area contributed by atoms with Crippen LogP contribution in [-0.2, 0) is 4.79 Å². The third-order valence-electron chi connectivity index (χ3n) is 6.31. The Morgan fingerprint density at radius 2 is 1.94 bits per heavy atom. The summed E-state index contributed by atoms with van der Waals surface area (Å²) >= 11 is 0. The molecule has 164 valence electrons. The predicted molar refractivity (Wildman–Crippen MR) is 119 cm³/mol. The quantitative estimate of drug-likeness (QED) is 0.631. The zero-order valence-electron chi connectivity index (χ0n) is 18.2. The van der Waals surface area contributed by atoms with E-state index in [0.29, 0.717) is 41.3 Å².